The number of amides is 3. The lowest BCUT2D eigenvalue weighted by Crippen LogP contribution is -2.31. The molecule has 0 aromatic heterocycles. The van der Waals surface area contributed by atoms with Crippen molar-refractivity contribution in [1.29, 1.82) is 0 Å². The Morgan fingerprint density at radius 3 is 2.40 bits per heavy atom. The lowest BCUT2D eigenvalue weighted by molar-refractivity contribution is -0.122. The molecule has 4 rings (SSSR count). The molecule has 1 aliphatic carbocycles. The van der Waals surface area contributed by atoms with E-state index in [2.05, 4.69) is 5.32 Å². The fourth-order valence-corrected chi connectivity index (χ4v) is 4.14. The number of carbonyl (C=O) groups is 4. The summed E-state index contributed by atoms with van der Waals surface area (Å²) < 4.78 is 0. The summed E-state index contributed by atoms with van der Waals surface area (Å²) in [6, 6.07) is 12.3. The second-order valence-electron chi connectivity index (χ2n) is 7.52. The predicted octanol–water partition coefficient (Wildman–Crippen LogP) is 3.34. The van der Waals surface area contributed by atoms with Gasteiger partial charge in [0, 0.05) is 5.56 Å². The topological polar surface area (TPSA) is 104 Å². The maximum Gasteiger partial charge on any atom is 0.337 e. The number of aromatic carboxylic acids is 1. The lowest BCUT2D eigenvalue weighted by Gasteiger charge is -2.22. The van der Waals surface area contributed by atoms with Gasteiger partial charge in [-0.3, -0.25) is 19.3 Å². The summed E-state index contributed by atoms with van der Waals surface area (Å²) in [5, 5.41) is 11.8. The number of carbonyl (C=O) groups excluding carboxylic acids is 3. The highest BCUT2D eigenvalue weighted by molar-refractivity contribution is 6.22. The molecule has 1 saturated heterocycles. The fourth-order valence-electron chi connectivity index (χ4n) is 4.14. The van der Waals surface area contributed by atoms with E-state index >= 15 is 0 Å². The number of fused-ring (bicyclic) bond motifs is 1. The molecule has 0 bridgehead atoms. The van der Waals surface area contributed by atoms with Crippen molar-refractivity contribution in [2.24, 2.45) is 17.8 Å². The summed E-state index contributed by atoms with van der Waals surface area (Å²) in [6.07, 6.45) is 4.47. The van der Waals surface area contributed by atoms with Crippen LogP contribution in [0.1, 0.15) is 34.1 Å². The van der Waals surface area contributed by atoms with E-state index in [1.165, 1.54) is 29.2 Å². The summed E-state index contributed by atoms with van der Waals surface area (Å²) in [5.41, 5.74) is 0.884. The number of benzene rings is 2. The average Bonchev–Trinajstić information content (AvgIpc) is 2.99. The number of imide groups is 1. The Morgan fingerprint density at radius 1 is 1.03 bits per heavy atom. The second-order valence-corrected chi connectivity index (χ2v) is 7.52. The van der Waals surface area contributed by atoms with Crippen molar-refractivity contribution in [1.82, 2.24) is 0 Å². The largest absolute Gasteiger partial charge is 0.478 e. The number of hydrogen-bond donors (Lipinski definition) is 2. The van der Waals surface area contributed by atoms with Gasteiger partial charge in [0.25, 0.3) is 5.91 Å². The Kier molecular flexibility index (Phi) is 4.95. The minimum Gasteiger partial charge on any atom is -0.478 e. The van der Waals surface area contributed by atoms with Gasteiger partial charge in [0.2, 0.25) is 11.8 Å². The smallest absolute Gasteiger partial charge is 0.337 e. The second kappa shape index (κ2) is 7.59. The molecule has 152 valence electrons. The molecular weight excluding hydrogens is 384 g/mol. The number of hydrogen-bond acceptors (Lipinski definition) is 4. The zero-order valence-electron chi connectivity index (χ0n) is 16.2. The van der Waals surface area contributed by atoms with Gasteiger partial charge in [0.05, 0.1) is 28.8 Å². The zero-order chi connectivity index (χ0) is 21.4. The van der Waals surface area contributed by atoms with Crippen LogP contribution in [-0.4, -0.2) is 28.8 Å². The highest BCUT2D eigenvalue weighted by Gasteiger charge is 2.50. The van der Waals surface area contributed by atoms with E-state index in [4.69, 9.17) is 0 Å². The van der Waals surface area contributed by atoms with E-state index in [1.54, 1.807) is 24.3 Å². The van der Waals surface area contributed by atoms with Gasteiger partial charge in [0.1, 0.15) is 0 Å². The number of rotatable bonds is 4. The van der Waals surface area contributed by atoms with E-state index < -0.39 is 11.9 Å². The molecule has 2 N–H and O–H groups in total. The highest BCUT2D eigenvalue weighted by Crippen LogP contribution is 2.40. The van der Waals surface area contributed by atoms with Crippen molar-refractivity contribution in [2.75, 3.05) is 10.2 Å². The van der Waals surface area contributed by atoms with Crippen LogP contribution in [0.2, 0.25) is 0 Å². The molecule has 0 spiro atoms. The molecule has 0 saturated carbocycles. The van der Waals surface area contributed by atoms with Gasteiger partial charge in [0.15, 0.2) is 0 Å². The van der Waals surface area contributed by atoms with E-state index in [-0.39, 0.29) is 46.4 Å². The predicted molar refractivity (Wildman–Crippen MR) is 110 cm³/mol. The number of nitrogens with zero attached hydrogens (tertiary/aromatic N) is 1. The maximum absolute atomic E-state index is 12.9. The number of allylic oxidation sites excluding steroid dienone is 2. The quantitative estimate of drug-likeness (QED) is 0.601. The Labute approximate surface area is 173 Å². The molecule has 2 aromatic carbocycles. The Hall–Kier alpha value is -3.74. The normalized spacial score (nSPS) is 22.7. The van der Waals surface area contributed by atoms with Crippen LogP contribution in [0, 0.1) is 17.8 Å². The first-order valence-electron chi connectivity index (χ1n) is 9.66. The Bertz CT molecular complexity index is 1070. The molecule has 7 nitrogen and oxygen atoms in total. The summed E-state index contributed by atoms with van der Waals surface area (Å²) in [7, 11) is 0. The minimum absolute atomic E-state index is 0.00422. The molecule has 2 aromatic rings. The molecule has 1 aliphatic heterocycles. The van der Waals surface area contributed by atoms with Gasteiger partial charge in [-0.15, -0.1) is 0 Å². The average molecular weight is 404 g/mol. The molecule has 0 radical (unpaired) electrons. The third-order valence-corrected chi connectivity index (χ3v) is 5.67. The van der Waals surface area contributed by atoms with Crippen molar-refractivity contribution in [3.8, 4) is 0 Å². The van der Waals surface area contributed by atoms with Crippen LogP contribution >= 0.6 is 0 Å². The molecule has 2 aliphatic rings. The Morgan fingerprint density at radius 2 is 1.73 bits per heavy atom. The van der Waals surface area contributed by atoms with Crippen molar-refractivity contribution in [2.45, 2.75) is 13.3 Å². The van der Waals surface area contributed by atoms with Gasteiger partial charge in [-0.25, -0.2) is 4.79 Å². The SMILES string of the molecule is C[C@@H]1C=CC[C@H]2C(=O)N(c3ccc(C(=O)Nc4ccccc4C(=O)O)cc3)C(=O)[C@H]12. The van der Waals surface area contributed by atoms with Gasteiger partial charge in [-0.2, -0.15) is 0 Å². The first-order valence-corrected chi connectivity index (χ1v) is 9.66. The first-order chi connectivity index (χ1) is 14.4. The number of nitrogens with one attached hydrogen (secondary N) is 1. The fraction of sp³-hybridized carbons (Fsp3) is 0.217. The van der Waals surface area contributed by atoms with Crippen LogP contribution in [0.25, 0.3) is 0 Å². The summed E-state index contributed by atoms with van der Waals surface area (Å²) in [6.45, 7) is 1.93. The van der Waals surface area contributed by atoms with Crippen LogP contribution in [-0.2, 0) is 9.59 Å². The van der Waals surface area contributed by atoms with Gasteiger partial charge < -0.3 is 10.4 Å². The Balaban J connectivity index is 1.54. The third-order valence-electron chi connectivity index (χ3n) is 5.67. The van der Waals surface area contributed by atoms with Crippen molar-refractivity contribution in [3.63, 3.8) is 0 Å². The highest BCUT2D eigenvalue weighted by atomic mass is 16.4. The zero-order valence-corrected chi connectivity index (χ0v) is 16.2. The summed E-state index contributed by atoms with van der Waals surface area (Å²) in [5.74, 6) is -2.74. The van der Waals surface area contributed by atoms with Crippen molar-refractivity contribution >= 4 is 35.1 Å². The number of carboxylic acids is 1. The molecule has 30 heavy (non-hydrogen) atoms. The van der Waals surface area contributed by atoms with Gasteiger partial charge in [-0.1, -0.05) is 31.2 Å². The number of anilines is 2. The number of carboxylic acid groups (broad SMARTS) is 1. The van der Waals surface area contributed by atoms with Gasteiger partial charge in [-0.05, 0) is 48.7 Å². The molecule has 3 atom stereocenters. The van der Waals surface area contributed by atoms with Gasteiger partial charge >= 0.3 is 5.97 Å². The monoisotopic (exact) mass is 404 g/mol. The summed E-state index contributed by atoms with van der Waals surface area (Å²) in [4.78, 5) is 50.7. The molecule has 1 heterocycles. The molecule has 7 heteroatoms. The van der Waals surface area contributed by atoms with Crippen molar-refractivity contribution < 1.29 is 24.3 Å². The molecule has 3 amide bonds. The molecule has 0 unspecified atom stereocenters. The number of para-hydroxylation sites is 1. The lowest BCUT2D eigenvalue weighted by atomic mass is 9.78. The standard InChI is InChI=1S/C23H20N2O5/c1-13-5-4-7-17-19(13)22(28)25(21(17)27)15-11-9-14(10-12-15)20(26)24-18-8-3-2-6-16(18)23(29)30/h2-6,8-13,17,19H,7H2,1H3,(H,24,26)(H,29,30)/t13-,17-,19-/m1/s1. The molecular formula is C23H20N2O5. The first kappa shape index (κ1) is 19.6. The van der Waals surface area contributed by atoms with E-state index in [9.17, 15) is 24.3 Å². The molecule has 1 fully saturated rings. The van der Waals surface area contributed by atoms with E-state index in [0.29, 0.717) is 12.1 Å². The minimum atomic E-state index is -1.14. The van der Waals surface area contributed by atoms with Crippen LogP contribution < -0.4 is 10.2 Å². The van der Waals surface area contributed by atoms with Crippen LogP contribution in [0.5, 0.6) is 0 Å². The van der Waals surface area contributed by atoms with E-state index in [0.717, 1.165) is 0 Å². The van der Waals surface area contributed by atoms with Crippen LogP contribution in [0.15, 0.2) is 60.7 Å². The van der Waals surface area contributed by atoms with E-state index in [1.807, 2.05) is 19.1 Å². The van der Waals surface area contributed by atoms with Crippen LogP contribution in [0.3, 0.4) is 0 Å². The van der Waals surface area contributed by atoms with Crippen molar-refractivity contribution in [3.05, 3.63) is 71.8 Å². The third kappa shape index (κ3) is 3.28. The van der Waals surface area contributed by atoms with Crippen LogP contribution in [0.4, 0.5) is 11.4 Å². The maximum atomic E-state index is 12.9. The summed E-state index contributed by atoms with van der Waals surface area (Å²) >= 11 is 0.